The summed E-state index contributed by atoms with van der Waals surface area (Å²) in [6.45, 7) is 0.875. The maximum Gasteiger partial charge on any atom is 0.410 e. The minimum Gasteiger partial charge on any atom is -0.481 e. The molecule has 3 atom stereocenters. The molecule has 11 heteroatoms. The van der Waals surface area contributed by atoms with Crippen molar-refractivity contribution in [3.05, 3.63) is 11.3 Å². The van der Waals surface area contributed by atoms with Crippen LogP contribution in [0.3, 0.4) is 0 Å². The zero-order valence-corrected chi connectivity index (χ0v) is 15.6. The minimum atomic E-state index is -4.44. The van der Waals surface area contributed by atoms with E-state index in [2.05, 4.69) is 5.10 Å². The van der Waals surface area contributed by atoms with Crippen molar-refractivity contribution < 1.29 is 31.9 Å². The van der Waals surface area contributed by atoms with Gasteiger partial charge in [-0.05, 0) is 37.0 Å². The van der Waals surface area contributed by atoms with Crippen molar-refractivity contribution >= 4 is 11.8 Å². The number of nitrogens with two attached hydrogens (primary N) is 1. The first-order valence-corrected chi connectivity index (χ1v) is 9.73. The molecular weight excluding hydrogens is 399 g/mol. The largest absolute Gasteiger partial charge is 0.481 e. The first-order valence-electron chi connectivity index (χ1n) is 9.73. The Morgan fingerprint density at radius 3 is 2.38 bits per heavy atom. The number of fused-ring (bicyclic) bond motifs is 2. The van der Waals surface area contributed by atoms with Crippen molar-refractivity contribution in [3.63, 3.8) is 0 Å². The normalized spacial score (nSPS) is 34.2. The van der Waals surface area contributed by atoms with Crippen LogP contribution in [0.15, 0.2) is 16.4 Å². The Morgan fingerprint density at radius 1 is 1.28 bits per heavy atom. The third-order valence-electron chi connectivity index (χ3n) is 6.71. The summed E-state index contributed by atoms with van der Waals surface area (Å²) in [5.41, 5.74) is 5.15. The Balaban J connectivity index is 1.60. The summed E-state index contributed by atoms with van der Waals surface area (Å²) in [6, 6.07) is -1.72. The standard InChI is InChI=1S/C18H23F5N4O2/c19-17(20)3-1-11(15(17)24)16(25-27-4-2-13(27)18(21,22)23)26-7-9-5-10(8-26)12(9)6-14(28)29/h9-10,12-13H,1-8,24H2,(H,28,29). The third-order valence-corrected chi connectivity index (χ3v) is 6.71. The SMILES string of the molecule is NC1=C(C(=NN2CCC2C(F)(F)F)N2CC3CC(C2)C3CC(=O)O)CCC1(F)F. The predicted molar refractivity (Wildman–Crippen MR) is 92.9 cm³/mol. The smallest absolute Gasteiger partial charge is 0.410 e. The Labute approximate surface area is 164 Å². The zero-order chi connectivity index (χ0) is 21.1. The number of piperidine rings is 2. The van der Waals surface area contributed by atoms with Crippen molar-refractivity contribution in [1.29, 1.82) is 0 Å². The van der Waals surface area contributed by atoms with Gasteiger partial charge in [0.05, 0.1) is 5.70 Å². The van der Waals surface area contributed by atoms with Gasteiger partial charge in [-0.25, -0.2) is 0 Å². The number of hydrazone groups is 1. The average molecular weight is 422 g/mol. The molecule has 3 N–H and O–H groups in total. The van der Waals surface area contributed by atoms with Crippen molar-refractivity contribution in [1.82, 2.24) is 9.91 Å². The van der Waals surface area contributed by atoms with Gasteiger partial charge in [-0.2, -0.15) is 27.1 Å². The van der Waals surface area contributed by atoms with E-state index in [1.807, 2.05) is 0 Å². The second-order valence-electron chi connectivity index (χ2n) is 8.45. The monoisotopic (exact) mass is 422 g/mol. The molecule has 0 radical (unpaired) electrons. The Hall–Kier alpha value is -2.07. The molecule has 162 valence electrons. The van der Waals surface area contributed by atoms with Crippen LogP contribution >= 0.6 is 0 Å². The van der Waals surface area contributed by atoms with Gasteiger partial charge >= 0.3 is 12.1 Å². The molecular formula is C18H23F5N4O2. The Kier molecular flexibility index (Phi) is 4.69. The lowest BCUT2D eigenvalue weighted by Gasteiger charge is -2.54. The lowest BCUT2D eigenvalue weighted by Crippen LogP contribution is -2.59. The number of carboxylic acid groups (broad SMARTS) is 1. The van der Waals surface area contributed by atoms with E-state index in [4.69, 9.17) is 10.8 Å². The summed E-state index contributed by atoms with van der Waals surface area (Å²) < 4.78 is 67.4. The molecule has 2 bridgehead atoms. The maximum absolute atomic E-state index is 14.0. The van der Waals surface area contributed by atoms with Gasteiger partial charge in [-0.15, -0.1) is 0 Å². The summed E-state index contributed by atoms with van der Waals surface area (Å²) in [6.07, 6.45) is -4.19. The van der Waals surface area contributed by atoms with Crippen molar-refractivity contribution in [3.8, 4) is 0 Å². The van der Waals surface area contributed by atoms with E-state index in [0.29, 0.717) is 13.1 Å². The Morgan fingerprint density at radius 2 is 1.93 bits per heavy atom. The molecule has 0 spiro atoms. The number of amidine groups is 1. The molecule has 0 aromatic rings. The van der Waals surface area contributed by atoms with Crippen LogP contribution in [0.2, 0.25) is 0 Å². The lowest BCUT2D eigenvalue weighted by molar-refractivity contribution is -0.210. The number of allylic oxidation sites excluding steroid dienone is 1. The van der Waals surface area contributed by atoms with E-state index in [-0.39, 0.29) is 55.0 Å². The molecule has 29 heavy (non-hydrogen) atoms. The topological polar surface area (TPSA) is 82.2 Å². The van der Waals surface area contributed by atoms with E-state index >= 15 is 0 Å². The number of halogens is 5. The molecule has 1 saturated carbocycles. The lowest BCUT2D eigenvalue weighted by atomic mass is 9.60. The molecule has 4 fully saturated rings. The summed E-state index contributed by atoms with van der Waals surface area (Å²) in [4.78, 5) is 12.8. The van der Waals surface area contributed by atoms with Gasteiger partial charge in [-0.1, -0.05) is 0 Å². The number of carboxylic acids is 1. The van der Waals surface area contributed by atoms with Gasteiger partial charge in [-0.3, -0.25) is 9.80 Å². The van der Waals surface area contributed by atoms with Gasteiger partial charge in [0.25, 0.3) is 5.92 Å². The number of rotatable bonds is 4. The van der Waals surface area contributed by atoms with Crippen LogP contribution in [0, 0.1) is 17.8 Å². The van der Waals surface area contributed by atoms with Gasteiger partial charge in [0.1, 0.15) is 6.04 Å². The number of alkyl halides is 5. The second kappa shape index (κ2) is 6.73. The van der Waals surface area contributed by atoms with Crippen LogP contribution in [0.1, 0.15) is 32.1 Å². The number of aliphatic carboxylic acids is 1. The van der Waals surface area contributed by atoms with Crippen LogP contribution < -0.4 is 5.73 Å². The summed E-state index contributed by atoms with van der Waals surface area (Å²) in [7, 11) is 0. The van der Waals surface area contributed by atoms with E-state index < -0.39 is 36.2 Å². The predicted octanol–water partition coefficient (Wildman–Crippen LogP) is 2.62. The van der Waals surface area contributed by atoms with Crippen LogP contribution in [0.4, 0.5) is 22.0 Å². The second-order valence-corrected chi connectivity index (χ2v) is 8.45. The summed E-state index contributed by atoms with van der Waals surface area (Å²) in [5, 5.41) is 14.1. The first kappa shape index (κ1) is 20.2. The third kappa shape index (κ3) is 3.52. The van der Waals surface area contributed by atoms with Gasteiger partial charge in [0.2, 0.25) is 0 Å². The maximum atomic E-state index is 14.0. The van der Waals surface area contributed by atoms with Crippen molar-refractivity contribution in [2.45, 2.75) is 50.2 Å². The Bertz CT molecular complexity index is 754. The highest BCUT2D eigenvalue weighted by Crippen LogP contribution is 2.48. The highest BCUT2D eigenvalue weighted by Gasteiger charge is 2.52. The molecule has 0 aromatic heterocycles. The van der Waals surface area contributed by atoms with Gasteiger partial charge < -0.3 is 15.7 Å². The van der Waals surface area contributed by atoms with E-state index in [0.717, 1.165) is 11.4 Å². The molecule has 3 unspecified atom stereocenters. The minimum absolute atomic E-state index is 0.00766. The molecule has 2 aliphatic carbocycles. The number of hydrogen-bond acceptors (Lipinski definition) is 4. The fourth-order valence-electron chi connectivity index (χ4n) is 4.96. The molecule has 5 rings (SSSR count). The molecule has 3 heterocycles. The van der Waals surface area contributed by atoms with E-state index in [1.54, 1.807) is 4.90 Å². The molecule has 0 aromatic carbocycles. The molecule has 5 aliphatic rings. The van der Waals surface area contributed by atoms with Gasteiger partial charge in [0, 0.05) is 38.0 Å². The van der Waals surface area contributed by atoms with Crippen LogP contribution in [0.25, 0.3) is 0 Å². The average Bonchev–Trinajstić information content (AvgIpc) is 2.85. The van der Waals surface area contributed by atoms with Crippen LogP contribution in [0.5, 0.6) is 0 Å². The van der Waals surface area contributed by atoms with E-state index in [1.165, 1.54) is 0 Å². The van der Waals surface area contributed by atoms with Crippen molar-refractivity contribution in [2.75, 3.05) is 19.6 Å². The highest BCUT2D eigenvalue weighted by molar-refractivity contribution is 5.99. The molecule has 3 aliphatic heterocycles. The molecule has 0 amide bonds. The quantitative estimate of drug-likeness (QED) is 0.414. The zero-order valence-electron chi connectivity index (χ0n) is 15.6. The number of nitrogens with zero attached hydrogens (tertiary/aromatic N) is 3. The first-order chi connectivity index (χ1) is 13.5. The number of carbonyl (C=O) groups is 1. The molecule has 6 nitrogen and oxygen atoms in total. The van der Waals surface area contributed by atoms with Crippen LogP contribution in [-0.4, -0.2) is 64.6 Å². The van der Waals surface area contributed by atoms with Crippen LogP contribution in [-0.2, 0) is 4.79 Å². The van der Waals surface area contributed by atoms with Gasteiger partial charge in [0.15, 0.2) is 5.84 Å². The van der Waals surface area contributed by atoms with Crippen molar-refractivity contribution in [2.24, 2.45) is 28.6 Å². The fraction of sp³-hybridized carbons (Fsp3) is 0.778. The highest BCUT2D eigenvalue weighted by atomic mass is 19.4. The molecule has 3 saturated heterocycles. The summed E-state index contributed by atoms with van der Waals surface area (Å²) in [5.74, 6) is -3.85. The van der Waals surface area contributed by atoms with E-state index in [9.17, 15) is 26.7 Å². The number of hydrogen-bond donors (Lipinski definition) is 2. The fourth-order valence-corrected chi connectivity index (χ4v) is 4.96. The summed E-state index contributed by atoms with van der Waals surface area (Å²) >= 11 is 0.